The molecule has 1 amide bonds. The number of carbonyl (C=O) groups excluding carboxylic acids is 1. The van der Waals surface area contributed by atoms with Crippen LogP contribution in [0.2, 0.25) is 0 Å². The van der Waals surface area contributed by atoms with Gasteiger partial charge in [0.25, 0.3) is 5.91 Å². The van der Waals surface area contributed by atoms with Gasteiger partial charge in [-0.05, 0) is 54.9 Å². The first-order chi connectivity index (χ1) is 17.5. The van der Waals surface area contributed by atoms with Crippen molar-refractivity contribution in [3.05, 3.63) is 89.5 Å². The topological polar surface area (TPSA) is 63.6 Å². The number of amides is 1. The quantitative estimate of drug-likeness (QED) is 0.407. The van der Waals surface area contributed by atoms with Crippen molar-refractivity contribution in [2.45, 2.75) is 25.9 Å². The SMILES string of the molecule is CCOc1ccc(CN(C)CC(=O)N2N=C(c3ccccc3)CC2c2ccc(OC)cc2)cc1OC. The predicted octanol–water partition coefficient (Wildman–Crippen LogP) is 4.91. The van der Waals surface area contributed by atoms with Crippen molar-refractivity contribution >= 4 is 11.6 Å². The van der Waals surface area contributed by atoms with Crippen LogP contribution in [0.3, 0.4) is 0 Å². The summed E-state index contributed by atoms with van der Waals surface area (Å²) in [6.07, 6.45) is 0.655. The molecule has 0 bridgehead atoms. The van der Waals surface area contributed by atoms with E-state index in [2.05, 4.69) is 0 Å². The second kappa shape index (κ2) is 11.7. The van der Waals surface area contributed by atoms with E-state index in [-0.39, 0.29) is 18.5 Å². The number of benzene rings is 3. The molecular weight excluding hydrogens is 454 g/mol. The van der Waals surface area contributed by atoms with E-state index in [1.807, 2.05) is 91.7 Å². The standard InChI is InChI=1S/C29H33N3O4/c1-5-36-27-16-11-21(17-28(27)35-4)19-31(2)20-29(33)32-26(23-12-14-24(34-3)15-13-23)18-25(30-32)22-9-7-6-8-10-22/h6-17,26H,5,18-20H2,1-4H3. The van der Waals surface area contributed by atoms with Crippen LogP contribution in [0, 0.1) is 0 Å². The molecule has 0 radical (unpaired) electrons. The number of methoxy groups -OCH3 is 2. The molecule has 1 heterocycles. The van der Waals surface area contributed by atoms with Crippen LogP contribution in [0.15, 0.2) is 77.9 Å². The van der Waals surface area contributed by atoms with Crippen LogP contribution < -0.4 is 14.2 Å². The molecule has 4 rings (SSSR count). The second-order valence-electron chi connectivity index (χ2n) is 8.73. The highest BCUT2D eigenvalue weighted by Gasteiger charge is 2.33. The van der Waals surface area contributed by atoms with Gasteiger partial charge >= 0.3 is 0 Å². The summed E-state index contributed by atoms with van der Waals surface area (Å²) in [6, 6.07) is 23.6. The molecule has 1 atom stereocenters. The van der Waals surface area contributed by atoms with Gasteiger partial charge in [0.15, 0.2) is 11.5 Å². The lowest BCUT2D eigenvalue weighted by molar-refractivity contribution is -0.134. The van der Waals surface area contributed by atoms with Gasteiger partial charge < -0.3 is 14.2 Å². The first kappa shape index (κ1) is 25.3. The number of carbonyl (C=O) groups is 1. The van der Waals surface area contributed by atoms with Crippen LogP contribution in [0.25, 0.3) is 0 Å². The monoisotopic (exact) mass is 487 g/mol. The van der Waals surface area contributed by atoms with E-state index in [1.165, 1.54) is 0 Å². The number of hydrogen-bond acceptors (Lipinski definition) is 6. The van der Waals surface area contributed by atoms with Crippen LogP contribution in [0.1, 0.15) is 36.1 Å². The Hall–Kier alpha value is -3.84. The average Bonchev–Trinajstić information content (AvgIpc) is 3.36. The third-order valence-electron chi connectivity index (χ3n) is 6.16. The number of hydrazone groups is 1. The summed E-state index contributed by atoms with van der Waals surface area (Å²) < 4.78 is 16.4. The van der Waals surface area contributed by atoms with Crippen molar-refractivity contribution < 1.29 is 19.0 Å². The van der Waals surface area contributed by atoms with Crippen LogP contribution in [-0.4, -0.2) is 55.9 Å². The first-order valence-electron chi connectivity index (χ1n) is 12.1. The minimum atomic E-state index is -0.169. The number of likely N-dealkylation sites (N-methyl/N-ethyl adjacent to an activating group) is 1. The van der Waals surface area contributed by atoms with Gasteiger partial charge in [-0.2, -0.15) is 5.10 Å². The first-order valence-corrected chi connectivity index (χ1v) is 12.1. The zero-order valence-electron chi connectivity index (χ0n) is 21.3. The summed E-state index contributed by atoms with van der Waals surface area (Å²) in [5, 5.41) is 6.42. The molecule has 1 unspecified atom stereocenters. The Bertz CT molecular complexity index is 1190. The number of ether oxygens (including phenoxy) is 3. The molecule has 0 spiro atoms. The molecule has 1 aliphatic heterocycles. The number of hydrogen-bond donors (Lipinski definition) is 0. The fourth-order valence-corrected chi connectivity index (χ4v) is 4.39. The maximum absolute atomic E-state index is 13.5. The van der Waals surface area contributed by atoms with Crippen molar-refractivity contribution in [2.75, 3.05) is 34.4 Å². The molecule has 0 saturated carbocycles. The minimum absolute atomic E-state index is 0.0536. The van der Waals surface area contributed by atoms with E-state index in [0.717, 1.165) is 28.2 Å². The Labute approximate surface area is 212 Å². The lowest BCUT2D eigenvalue weighted by Crippen LogP contribution is -2.36. The largest absolute Gasteiger partial charge is 0.497 e. The molecule has 0 aromatic heterocycles. The van der Waals surface area contributed by atoms with Crippen LogP contribution in [0.4, 0.5) is 0 Å². The highest BCUT2D eigenvalue weighted by molar-refractivity contribution is 6.03. The van der Waals surface area contributed by atoms with Gasteiger partial charge in [-0.1, -0.05) is 48.5 Å². The molecule has 36 heavy (non-hydrogen) atoms. The van der Waals surface area contributed by atoms with Crippen LogP contribution >= 0.6 is 0 Å². The van der Waals surface area contributed by atoms with Gasteiger partial charge in [-0.3, -0.25) is 9.69 Å². The van der Waals surface area contributed by atoms with E-state index in [1.54, 1.807) is 19.2 Å². The van der Waals surface area contributed by atoms with Gasteiger partial charge in [0.1, 0.15) is 5.75 Å². The predicted molar refractivity (Wildman–Crippen MR) is 141 cm³/mol. The molecule has 0 N–H and O–H groups in total. The van der Waals surface area contributed by atoms with Crippen molar-refractivity contribution in [3.8, 4) is 17.2 Å². The van der Waals surface area contributed by atoms with Gasteiger partial charge in [0.05, 0.1) is 39.1 Å². The fourth-order valence-electron chi connectivity index (χ4n) is 4.39. The Balaban J connectivity index is 1.51. The maximum Gasteiger partial charge on any atom is 0.257 e. The van der Waals surface area contributed by atoms with Crippen LogP contribution in [-0.2, 0) is 11.3 Å². The van der Waals surface area contributed by atoms with Gasteiger partial charge in [-0.25, -0.2) is 5.01 Å². The molecule has 1 aliphatic rings. The Kier molecular flexibility index (Phi) is 8.23. The molecule has 0 aliphatic carbocycles. The van der Waals surface area contributed by atoms with Crippen molar-refractivity contribution in [1.29, 1.82) is 0 Å². The molecule has 7 nitrogen and oxygen atoms in total. The highest BCUT2D eigenvalue weighted by atomic mass is 16.5. The zero-order valence-corrected chi connectivity index (χ0v) is 21.3. The Morgan fingerprint density at radius 3 is 2.42 bits per heavy atom. The molecule has 7 heteroatoms. The van der Waals surface area contributed by atoms with Gasteiger partial charge in [0, 0.05) is 13.0 Å². The molecule has 3 aromatic carbocycles. The summed E-state index contributed by atoms with van der Waals surface area (Å²) in [6.45, 7) is 3.33. The summed E-state index contributed by atoms with van der Waals surface area (Å²) in [7, 11) is 5.21. The average molecular weight is 488 g/mol. The molecule has 0 fully saturated rings. The number of rotatable bonds is 10. The van der Waals surface area contributed by atoms with Crippen molar-refractivity contribution in [1.82, 2.24) is 9.91 Å². The summed E-state index contributed by atoms with van der Waals surface area (Å²) in [5.41, 5.74) is 4.00. The van der Waals surface area contributed by atoms with E-state index in [0.29, 0.717) is 31.1 Å². The second-order valence-corrected chi connectivity index (χ2v) is 8.73. The smallest absolute Gasteiger partial charge is 0.257 e. The molecule has 0 saturated heterocycles. The summed E-state index contributed by atoms with van der Waals surface area (Å²) in [4.78, 5) is 15.5. The van der Waals surface area contributed by atoms with Gasteiger partial charge in [0.2, 0.25) is 0 Å². The Morgan fingerprint density at radius 2 is 1.75 bits per heavy atom. The van der Waals surface area contributed by atoms with Crippen molar-refractivity contribution in [3.63, 3.8) is 0 Å². The van der Waals surface area contributed by atoms with Crippen LogP contribution in [0.5, 0.6) is 17.2 Å². The maximum atomic E-state index is 13.5. The lowest BCUT2D eigenvalue weighted by atomic mass is 9.98. The summed E-state index contributed by atoms with van der Waals surface area (Å²) >= 11 is 0. The summed E-state index contributed by atoms with van der Waals surface area (Å²) in [5.74, 6) is 2.13. The van der Waals surface area contributed by atoms with Crippen molar-refractivity contribution in [2.24, 2.45) is 5.10 Å². The third kappa shape index (κ3) is 5.86. The van der Waals surface area contributed by atoms with E-state index in [9.17, 15) is 4.79 Å². The van der Waals surface area contributed by atoms with E-state index < -0.39 is 0 Å². The minimum Gasteiger partial charge on any atom is -0.497 e. The van der Waals surface area contributed by atoms with E-state index >= 15 is 0 Å². The van der Waals surface area contributed by atoms with Gasteiger partial charge in [-0.15, -0.1) is 0 Å². The zero-order chi connectivity index (χ0) is 25.5. The molecule has 3 aromatic rings. The third-order valence-corrected chi connectivity index (χ3v) is 6.16. The number of nitrogens with zero attached hydrogens (tertiary/aromatic N) is 3. The fraction of sp³-hybridized carbons (Fsp3) is 0.310. The van der Waals surface area contributed by atoms with E-state index in [4.69, 9.17) is 19.3 Å². The normalized spacial score (nSPS) is 15.1. The molecular formula is C29H33N3O4. The molecule has 188 valence electrons. The Morgan fingerprint density at radius 1 is 1.00 bits per heavy atom. The highest BCUT2D eigenvalue weighted by Crippen LogP contribution is 2.34. The lowest BCUT2D eigenvalue weighted by Gasteiger charge is -2.25.